The Morgan fingerprint density at radius 1 is 0.833 bits per heavy atom. The van der Waals surface area contributed by atoms with Gasteiger partial charge in [-0.2, -0.15) is 0 Å². The zero-order valence-electron chi connectivity index (χ0n) is 22.6. The predicted octanol–water partition coefficient (Wildman–Crippen LogP) is 7.19. The minimum atomic E-state index is -0.00916. The van der Waals surface area contributed by atoms with Crippen molar-refractivity contribution in [3.63, 3.8) is 0 Å². The van der Waals surface area contributed by atoms with Gasteiger partial charge in [-0.3, -0.25) is 4.79 Å². The van der Waals surface area contributed by atoms with Gasteiger partial charge in [-0.05, 0) is 70.2 Å². The molecule has 2 N–H and O–H groups in total. The van der Waals surface area contributed by atoms with E-state index >= 15 is 0 Å². The molecule has 2 saturated carbocycles. The van der Waals surface area contributed by atoms with E-state index in [1.165, 1.54) is 44.9 Å². The fourth-order valence-electron chi connectivity index (χ4n) is 5.87. The van der Waals surface area contributed by atoms with Gasteiger partial charge in [0.2, 0.25) is 5.91 Å². The Labute approximate surface area is 216 Å². The Bertz CT molecular complexity index is 1090. The molecule has 2 aromatic rings. The molecule has 0 unspecified atom stereocenters. The summed E-state index contributed by atoms with van der Waals surface area (Å²) >= 11 is 0. The van der Waals surface area contributed by atoms with Crippen LogP contribution in [0.3, 0.4) is 0 Å². The van der Waals surface area contributed by atoms with Crippen LogP contribution in [0.1, 0.15) is 81.4 Å². The molecule has 0 saturated heterocycles. The zero-order chi connectivity index (χ0) is 25.7. The van der Waals surface area contributed by atoms with E-state index in [9.17, 15) is 4.79 Å². The molecule has 194 valence electrons. The standard InChI is InChI=1S/C31H42N2O3/c1-20(31(34)33-25-13-9-10-14-25)19-27-21(2)30(36-5)28(22(3)29(27)35-4)23-15-17-26(18-16-23)32-24-11-7-6-8-12-24/h15-19,24-25,32H,6-14H2,1-5H3,(H,33,34). The molecule has 2 aliphatic rings. The van der Waals surface area contributed by atoms with Crippen molar-refractivity contribution in [3.05, 3.63) is 46.5 Å². The molecule has 0 aliphatic heterocycles. The third-order valence-corrected chi connectivity index (χ3v) is 7.90. The maximum Gasteiger partial charge on any atom is 0.247 e. The molecule has 1 amide bonds. The van der Waals surface area contributed by atoms with Gasteiger partial charge in [0.05, 0.1) is 14.2 Å². The van der Waals surface area contributed by atoms with E-state index in [0.29, 0.717) is 11.6 Å². The average molecular weight is 491 g/mol. The lowest BCUT2D eigenvalue weighted by Crippen LogP contribution is -2.33. The van der Waals surface area contributed by atoms with Crippen molar-refractivity contribution >= 4 is 17.7 Å². The van der Waals surface area contributed by atoms with E-state index < -0.39 is 0 Å². The lowest BCUT2D eigenvalue weighted by Gasteiger charge is -2.24. The van der Waals surface area contributed by atoms with Crippen LogP contribution in [0.2, 0.25) is 0 Å². The van der Waals surface area contributed by atoms with Gasteiger partial charge in [0.25, 0.3) is 0 Å². The fourth-order valence-corrected chi connectivity index (χ4v) is 5.87. The van der Waals surface area contributed by atoms with Crippen molar-refractivity contribution in [2.75, 3.05) is 19.5 Å². The number of ether oxygens (including phenoxy) is 2. The number of benzene rings is 2. The van der Waals surface area contributed by atoms with Gasteiger partial charge < -0.3 is 20.1 Å². The van der Waals surface area contributed by atoms with Gasteiger partial charge in [0, 0.05) is 45.6 Å². The number of rotatable bonds is 8. The van der Waals surface area contributed by atoms with Crippen LogP contribution >= 0.6 is 0 Å². The predicted molar refractivity (Wildman–Crippen MR) is 149 cm³/mol. The lowest BCUT2D eigenvalue weighted by atomic mass is 9.91. The topological polar surface area (TPSA) is 59.6 Å². The molecule has 5 nitrogen and oxygen atoms in total. The Morgan fingerprint density at radius 3 is 2.03 bits per heavy atom. The maximum atomic E-state index is 12.9. The van der Waals surface area contributed by atoms with E-state index in [2.05, 4.69) is 41.8 Å². The molecular formula is C31H42N2O3. The second-order valence-electron chi connectivity index (χ2n) is 10.4. The summed E-state index contributed by atoms with van der Waals surface area (Å²) in [5, 5.41) is 6.89. The first-order valence-corrected chi connectivity index (χ1v) is 13.5. The first-order chi connectivity index (χ1) is 17.4. The summed E-state index contributed by atoms with van der Waals surface area (Å²) in [6, 6.07) is 9.50. The summed E-state index contributed by atoms with van der Waals surface area (Å²) < 4.78 is 11.9. The van der Waals surface area contributed by atoms with Crippen LogP contribution in [0.25, 0.3) is 17.2 Å². The molecule has 0 radical (unpaired) electrons. The minimum Gasteiger partial charge on any atom is -0.496 e. The average Bonchev–Trinajstić information content (AvgIpc) is 3.40. The van der Waals surface area contributed by atoms with Crippen molar-refractivity contribution in [2.45, 2.75) is 90.6 Å². The first-order valence-electron chi connectivity index (χ1n) is 13.5. The highest BCUT2D eigenvalue weighted by atomic mass is 16.5. The van der Waals surface area contributed by atoms with Crippen molar-refractivity contribution in [1.82, 2.24) is 5.32 Å². The summed E-state index contributed by atoms with van der Waals surface area (Å²) in [5.74, 6) is 1.59. The molecule has 36 heavy (non-hydrogen) atoms. The normalized spacial score (nSPS) is 17.2. The molecular weight excluding hydrogens is 448 g/mol. The zero-order valence-corrected chi connectivity index (χ0v) is 22.6. The van der Waals surface area contributed by atoms with E-state index in [-0.39, 0.29) is 11.9 Å². The Balaban J connectivity index is 1.65. The quantitative estimate of drug-likeness (QED) is 0.384. The summed E-state index contributed by atoms with van der Waals surface area (Å²) in [7, 11) is 3.41. The number of methoxy groups -OCH3 is 2. The second-order valence-corrected chi connectivity index (χ2v) is 10.4. The third-order valence-electron chi connectivity index (χ3n) is 7.90. The minimum absolute atomic E-state index is 0.00916. The highest BCUT2D eigenvalue weighted by molar-refractivity contribution is 5.98. The molecule has 0 bridgehead atoms. The Morgan fingerprint density at radius 2 is 1.42 bits per heavy atom. The summed E-state index contributed by atoms with van der Waals surface area (Å²) in [6.07, 6.45) is 12.9. The summed E-state index contributed by atoms with van der Waals surface area (Å²) in [5.41, 5.74) is 6.82. The van der Waals surface area contributed by atoms with Gasteiger partial charge in [-0.25, -0.2) is 0 Å². The van der Waals surface area contributed by atoms with Gasteiger partial charge in [0.15, 0.2) is 0 Å². The van der Waals surface area contributed by atoms with Crippen molar-refractivity contribution < 1.29 is 14.3 Å². The van der Waals surface area contributed by atoms with Crippen LogP contribution in [0.5, 0.6) is 11.5 Å². The highest BCUT2D eigenvalue weighted by Crippen LogP contribution is 2.45. The smallest absolute Gasteiger partial charge is 0.247 e. The van der Waals surface area contributed by atoms with Crippen LogP contribution in [0.15, 0.2) is 29.8 Å². The SMILES string of the molecule is COc1c(C)c(-c2ccc(NC3CCCCC3)cc2)c(OC)c(C)c1C=C(C)C(=O)NC1CCCC1. The van der Waals surface area contributed by atoms with Crippen LogP contribution in [0, 0.1) is 13.8 Å². The number of nitrogens with one attached hydrogen (secondary N) is 2. The monoisotopic (exact) mass is 490 g/mol. The van der Waals surface area contributed by atoms with Gasteiger partial charge in [0.1, 0.15) is 11.5 Å². The molecule has 0 heterocycles. The summed E-state index contributed by atoms with van der Waals surface area (Å²) in [6.45, 7) is 5.98. The molecule has 2 aliphatic carbocycles. The van der Waals surface area contributed by atoms with Crippen molar-refractivity contribution in [1.29, 1.82) is 0 Å². The van der Waals surface area contributed by atoms with Gasteiger partial charge >= 0.3 is 0 Å². The number of carbonyl (C=O) groups excluding carboxylic acids is 1. The van der Waals surface area contributed by atoms with Crippen molar-refractivity contribution in [3.8, 4) is 22.6 Å². The number of hydrogen-bond donors (Lipinski definition) is 2. The Kier molecular flexibility index (Phi) is 8.60. The Hall–Kier alpha value is -2.95. The highest BCUT2D eigenvalue weighted by Gasteiger charge is 2.23. The summed E-state index contributed by atoms with van der Waals surface area (Å²) in [4.78, 5) is 12.9. The van der Waals surface area contributed by atoms with Gasteiger partial charge in [-0.15, -0.1) is 0 Å². The van der Waals surface area contributed by atoms with Crippen LogP contribution in [-0.4, -0.2) is 32.2 Å². The first kappa shape index (κ1) is 26.1. The van der Waals surface area contributed by atoms with Crippen molar-refractivity contribution in [2.24, 2.45) is 0 Å². The van der Waals surface area contributed by atoms with Crippen LogP contribution in [-0.2, 0) is 4.79 Å². The number of hydrogen-bond acceptors (Lipinski definition) is 4. The second kappa shape index (κ2) is 11.9. The molecule has 0 atom stereocenters. The molecule has 0 aromatic heterocycles. The van der Waals surface area contributed by atoms with Gasteiger partial charge in [-0.1, -0.05) is 44.2 Å². The van der Waals surface area contributed by atoms with E-state index in [0.717, 1.165) is 57.8 Å². The van der Waals surface area contributed by atoms with Crippen LogP contribution in [0.4, 0.5) is 5.69 Å². The van der Waals surface area contributed by atoms with E-state index in [4.69, 9.17) is 9.47 Å². The molecule has 0 spiro atoms. The molecule has 4 rings (SSSR count). The van der Waals surface area contributed by atoms with Crippen LogP contribution < -0.4 is 20.1 Å². The number of amides is 1. The number of carbonyl (C=O) groups is 1. The fraction of sp³-hybridized carbons (Fsp3) is 0.516. The maximum absolute atomic E-state index is 12.9. The molecule has 2 fully saturated rings. The third kappa shape index (κ3) is 5.71. The van der Waals surface area contributed by atoms with E-state index in [1.54, 1.807) is 14.2 Å². The lowest BCUT2D eigenvalue weighted by molar-refractivity contribution is -0.118. The van der Waals surface area contributed by atoms with E-state index in [1.807, 2.05) is 19.9 Å². The largest absolute Gasteiger partial charge is 0.496 e. The molecule has 5 heteroatoms. The molecule has 2 aromatic carbocycles. The number of anilines is 1.